The first-order valence-corrected chi connectivity index (χ1v) is 5.61. The Labute approximate surface area is 112 Å². The Hall–Kier alpha value is -1.96. The molecule has 2 atom stereocenters. The lowest BCUT2D eigenvalue weighted by atomic mass is 9.88. The normalized spacial score (nSPS) is 14.7. The molecule has 0 unspecified atom stereocenters. The average Bonchev–Trinajstić information content (AvgIpc) is 2.33. The van der Waals surface area contributed by atoms with Gasteiger partial charge in [0.05, 0.1) is 11.5 Å². The van der Waals surface area contributed by atoms with Gasteiger partial charge in [0.25, 0.3) is 0 Å². The van der Waals surface area contributed by atoms with Crippen LogP contribution in [0.15, 0.2) is 24.3 Å². The summed E-state index contributed by atoms with van der Waals surface area (Å²) in [6.45, 7) is 0.00164. The molecule has 0 amide bonds. The zero-order valence-corrected chi connectivity index (χ0v) is 10.4. The van der Waals surface area contributed by atoms with E-state index in [1.807, 2.05) is 0 Å². The third kappa shape index (κ3) is 3.77. The third-order valence-electron chi connectivity index (χ3n) is 2.81. The predicted molar refractivity (Wildman–Crippen MR) is 62.7 cm³/mol. The highest BCUT2D eigenvalue weighted by Gasteiger charge is 2.39. The lowest BCUT2D eigenvalue weighted by Gasteiger charge is -2.21. The maximum absolute atomic E-state index is 12.9. The quantitative estimate of drug-likeness (QED) is 0.664. The van der Waals surface area contributed by atoms with Crippen molar-refractivity contribution in [1.82, 2.24) is 0 Å². The number of aliphatic hydroxyl groups excluding tert-OH is 1. The highest BCUT2D eigenvalue weighted by Crippen LogP contribution is 2.36. The fourth-order valence-electron chi connectivity index (χ4n) is 1.89. The molecular formula is C12H12F3NO4. The number of aliphatic hydroxyl groups is 1. The molecule has 110 valence electrons. The van der Waals surface area contributed by atoms with Gasteiger partial charge in [0.1, 0.15) is 6.10 Å². The molecule has 1 N–H and O–H groups in total. The summed E-state index contributed by atoms with van der Waals surface area (Å²) in [6.07, 6.45) is -6.58. The van der Waals surface area contributed by atoms with E-state index in [9.17, 15) is 33.2 Å². The number of benzene rings is 1. The number of nitro groups is 1. The van der Waals surface area contributed by atoms with Crippen LogP contribution in [0.25, 0.3) is 0 Å². The largest absolute Gasteiger partial charge is 0.416 e. The van der Waals surface area contributed by atoms with Crippen LogP contribution in [0.3, 0.4) is 0 Å². The number of nitrogens with zero attached hydrogens (tertiary/aromatic N) is 1. The van der Waals surface area contributed by atoms with E-state index in [4.69, 9.17) is 0 Å². The van der Waals surface area contributed by atoms with Gasteiger partial charge in [-0.05, 0) is 18.6 Å². The molecule has 1 rings (SSSR count). The number of rotatable bonds is 5. The van der Waals surface area contributed by atoms with Gasteiger partial charge in [-0.15, -0.1) is 0 Å². The van der Waals surface area contributed by atoms with Crippen LogP contribution in [0.4, 0.5) is 13.2 Å². The van der Waals surface area contributed by atoms with Crippen molar-refractivity contribution in [1.29, 1.82) is 0 Å². The number of alkyl halides is 3. The Bertz CT molecular complexity index is 516. The Morgan fingerprint density at radius 2 is 1.95 bits per heavy atom. The minimum atomic E-state index is -4.72. The summed E-state index contributed by atoms with van der Waals surface area (Å²) in [4.78, 5) is 20.9. The maximum atomic E-state index is 12.9. The second kappa shape index (κ2) is 6.00. The number of Topliss-reactive ketones (excluding diaryl/α,β-unsaturated/α-hetero) is 1. The molecule has 0 aliphatic carbocycles. The van der Waals surface area contributed by atoms with E-state index in [1.165, 1.54) is 6.07 Å². The lowest BCUT2D eigenvalue weighted by Crippen LogP contribution is -2.32. The summed E-state index contributed by atoms with van der Waals surface area (Å²) in [6, 6.07) is 4.19. The molecule has 0 saturated heterocycles. The van der Waals surface area contributed by atoms with E-state index < -0.39 is 46.6 Å². The van der Waals surface area contributed by atoms with Crippen molar-refractivity contribution in [2.45, 2.75) is 25.1 Å². The lowest BCUT2D eigenvalue weighted by molar-refractivity contribution is -0.484. The van der Waals surface area contributed by atoms with Gasteiger partial charge in [0.15, 0.2) is 5.78 Å². The Morgan fingerprint density at radius 3 is 2.40 bits per heavy atom. The molecule has 5 nitrogen and oxygen atoms in total. The molecule has 0 bridgehead atoms. The smallest absolute Gasteiger partial charge is 0.384 e. The summed E-state index contributed by atoms with van der Waals surface area (Å²) in [5.41, 5.74) is -1.55. The molecule has 0 radical (unpaired) electrons. The van der Waals surface area contributed by atoms with Crippen molar-refractivity contribution < 1.29 is 28.0 Å². The van der Waals surface area contributed by atoms with Crippen molar-refractivity contribution in [3.05, 3.63) is 45.5 Å². The average molecular weight is 291 g/mol. The van der Waals surface area contributed by atoms with Crippen molar-refractivity contribution in [2.75, 3.05) is 6.54 Å². The first-order valence-electron chi connectivity index (χ1n) is 5.61. The third-order valence-corrected chi connectivity index (χ3v) is 2.81. The van der Waals surface area contributed by atoms with E-state index in [0.717, 1.165) is 25.1 Å². The second-order valence-corrected chi connectivity index (χ2v) is 4.26. The monoisotopic (exact) mass is 291 g/mol. The minimum absolute atomic E-state index is 0.459. The van der Waals surface area contributed by atoms with Crippen LogP contribution in [-0.2, 0) is 11.0 Å². The van der Waals surface area contributed by atoms with Gasteiger partial charge in [-0.1, -0.05) is 18.2 Å². The molecule has 20 heavy (non-hydrogen) atoms. The molecule has 0 fully saturated rings. The molecule has 0 heterocycles. The predicted octanol–water partition coefficient (Wildman–Crippen LogP) is 2.02. The van der Waals surface area contributed by atoms with Crippen LogP contribution in [0.2, 0.25) is 0 Å². The molecular weight excluding hydrogens is 279 g/mol. The molecule has 0 spiro atoms. The second-order valence-electron chi connectivity index (χ2n) is 4.26. The maximum Gasteiger partial charge on any atom is 0.416 e. The first-order chi connectivity index (χ1) is 9.14. The molecule has 1 aromatic rings. The Morgan fingerprint density at radius 1 is 1.40 bits per heavy atom. The zero-order valence-electron chi connectivity index (χ0n) is 10.4. The summed E-state index contributed by atoms with van der Waals surface area (Å²) in [5.74, 6) is -2.37. The standard InChI is InChI=1S/C12H12F3NO4/c1-7(17)11(18)9(6-16(19)20)8-4-2-3-5-10(8)12(13,14)15/h2-5,9,11,18H,6H2,1H3/t9-,11-/m1/s1. The number of hydrogen-bond donors (Lipinski definition) is 1. The highest BCUT2D eigenvalue weighted by atomic mass is 19.4. The fourth-order valence-corrected chi connectivity index (χ4v) is 1.89. The van der Waals surface area contributed by atoms with Gasteiger partial charge in [-0.3, -0.25) is 14.9 Å². The fraction of sp³-hybridized carbons (Fsp3) is 0.417. The summed E-state index contributed by atoms with van der Waals surface area (Å²) in [5, 5.41) is 20.2. The van der Waals surface area contributed by atoms with Crippen molar-refractivity contribution in [3.8, 4) is 0 Å². The SMILES string of the molecule is CC(=O)[C@@H](O)[C@H](C[N+](=O)[O-])c1ccccc1C(F)(F)F. The van der Waals surface area contributed by atoms with Crippen molar-refractivity contribution in [3.63, 3.8) is 0 Å². The van der Waals surface area contributed by atoms with E-state index >= 15 is 0 Å². The van der Waals surface area contributed by atoms with E-state index in [0.29, 0.717) is 0 Å². The van der Waals surface area contributed by atoms with Gasteiger partial charge in [0.2, 0.25) is 6.54 Å². The van der Waals surface area contributed by atoms with E-state index in [-0.39, 0.29) is 0 Å². The molecule has 0 aromatic heterocycles. The Balaban J connectivity index is 3.34. The molecule has 8 heteroatoms. The van der Waals surface area contributed by atoms with Crippen molar-refractivity contribution in [2.24, 2.45) is 0 Å². The first kappa shape index (κ1) is 16.1. The molecule has 0 aliphatic heterocycles. The van der Waals surface area contributed by atoms with Gasteiger partial charge in [-0.2, -0.15) is 13.2 Å². The summed E-state index contributed by atoms with van der Waals surface area (Å²) < 4.78 is 38.6. The number of halogens is 3. The van der Waals surface area contributed by atoms with Crippen LogP contribution in [-0.4, -0.2) is 28.5 Å². The van der Waals surface area contributed by atoms with Crippen LogP contribution in [0.5, 0.6) is 0 Å². The highest BCUT2D eigenvalue weighted by molar-refractivity contribution is 5.81. The molecule has 1 aromatic carbocycles. The zero-order chi connectivity index (χ0) is 15.5. The topological polar surface area (TPSA) is 80.4 Å². The summed E-state index contributed by atoms with van der Waals surface area (Å²) >= 11 is 0. The van der Waals surface area contributed by atoms with E-state index in [2.05, 4.69) is 0 Å². The minimum Gasteiger partial charge on any atom is -0.384 e. The van der Waals surface area contributed by atoms with Crippen LogP contribution in [0, 0.1) is 10.1 Å². The Kier molecular flexibility index (Phi) is 4.83. The summed E-state index contributed by atoms with van der Waals surface area (Å²) in [7, 11) is 0. The van der Waals surface area contributed by atoms with Gasteiger partial charge in [-0.25, -0.2) is 0 Å². The van der Waals surface area contributed by atoms with Gasteiger partial charge in [0, 0.05) is 4.92 Å². The number of carbonyl (C=O) groups excluding carboxylic acids is 1. The molecule has 0 aliphatic rings. The van der Waals surface area contributed by atoms with Gasteiger partial charge >= 0.3 is 6.18 Å². The van der Waals surface area contributed by atoms with Crippen molar-refractivity contribution >= 4 is 5.78 Å². The van der Waals surface area contributed by atoms with Crippen LogP contribution < -0.4 is 0 Å². The number of carbonyl (C=O) groups is 1. The van der Waals surface area contributed by atoms with Gasteiger partial charge < -0.3 is 5.11 Å². The number of ketones is 1. The number of hydrogen-bond acceptors (Lipinski definition) is 4. The molecule has 0 saturated carbocycles. The van der Waals surface area contributed by atoms with Crippen LogP contribution in [0.1, 0.15) is 24.0 Å². The van der Waals surface area contributed by atoms with E-state index in [1.54, 1.807) is 0 Å². The van der Waals surface area contributed by atoms with Crippen LogP contribution >= 0.6 is 0 Å².